The van der Waals surface area contributed by atoms with Crippen LogP contribution in [0.2, 0.25) is 0 Å². The Balaban J connectivity index is 1.86. The van der Waals surface area contributed by atoms with Crippen molar-refractivity contribution >= 4 is 22.9 Å². The third-order valence-electron chi connectivity index (χ3n) is 3.79. The van der Waals surface area contributed by atoms with Gasteiger partial charge in [0.05, 0.1) is 6.20 Å². The molecule has 1 heterocycles. The Labute approximate surface area is 146 Å². The van der Waals surface area contributed by atoms with Gasteiger partial charge >= 0.3 is 0 Å². The van der Waals surface area contributed by atoms with Crippen molar-refractivity contribution in [3.8, 4) is 10.6 Å². The summed E-state index contributed by atoms with van der Waals surface area (Å²) in [7, 11) is 0. The molecule has 3 nitrogen and oxygen atoms in total. The quantitative estimate of drug-likeness (QED) is 0.615. The van der Waals surface area contributed by atoms with Gasteiger partial charge in [0.15, 0.2) is 0 Å². The predicted molar refractivity (Wildman–Crippen MR) is 101 cm³/mol. The number of carbonyl (C=O) groups is 1. The molecular weight excluding hydrogens is 316 g/mol. The van der Waals surface area contributed by atoms with Crippen LogP contribution in [0.3, 0.4) is 0 Å². The van der Waals surface area contributed by atoms with Gasteiger partial charge in [-0.15, -0.1) is 11.3 Å². The summed E-state index contributed by atoms with van der Waals surface area (Å²) in [5.74, 6) is 0.0225. The van der Waals surface area contributed by atoms with Crippen molar-refractivity contribution in [3.63, 3.8) is 0 Å². The summed E-state index contributed by atoms with van der Waals surface area (Å²) in [4.78, 5) is 20.0. The second-order valence-electron chi connectivity index (χ2n) is 5.54. The minimum absolute atomic E-state index is 0.0225. The number of rotatable bonds is 6. The highest BCUT2D eigenvalue weighted by molar-refractivity contribution is 7.17. The molecule has 2 aromatic carbocycles. The highest BCUT2D eigenvalue weighted by Crippen LogP contribution is 2.27. The maximum Gasteiger partial charge on any atom is 0.269 e. The molecule has 0 radical (unpaired) electrons. The van der Waals surface area contributed by atoms with E-state index in [2.05, 4.69) is 11.9 Å². The van der Waals surface area contributed by atoms with Crippen molar-refractivity contribution in [2.45, 2.75) is 19.8 Å². The normalized spacial score (nSPS) is 10.5. The minimum Gasteiger partial charge on any atom is -0.308 e. The van der Waals surface area contributed by atoms with Gasteiger partial charge in [-0.3, -0.25) is 4.79 Å². The fraction of sp³-hybridized carbons (Fsp3) is 0.200. The van der Waals surface area contributed by atoms with Gasteiger partial charge in [0.2, 0.25) is 0 Å². The lowest BCUT2D eigenvalue weighted by atomic mass is 10.2. The minimum atomic E-state index is 0.0225. The number of aromatic nitrogens is 1. The van der Waals surface area contributed by atoms with Gasteiger partial charge in [0, 0.05) is 17.8 Å². The Hall–Kier alpha value is -2.46. The Morgan fingerprint density at radius 3 is 2.38 bits per heavy atom. The second kappa shape index (κ2) is 7.88. The van der Waals surface area contributed by atoms with Crippen LogP contribution in [-0.2, 0) is 0 Å². The van der Waals surface area contributed by atoms with Crippen LogP contribution in [0, 0.1) is 0 Å². The Bertz CT molecular complexity index is 784. The standard InChI is InChI=1S/C20H20N2OS/c1-2-3-14-22(17-12-8-5-9-13-17)20(23)18-15-21-19(24-18)16-10-6-4-7-11-16/h4-13,15H,2-3,14H2,1H3. The molecule has 0 aliphatic carbocycles. The molecule has 0 fully saturated rings. The largest absolute Gasteiger partial charge is 0.308 e. The molecule has 24 heavy (non-hydrogen) atoms. The van der Waals surface area contributed by atoms with Crippen molar-refractivity contribution in [2.75, 3.05) is 11.4 Å². The van der Waals surface area contributed by atoms with Gasteiger partial charge in [-0.2, -0.15) is 0 Å². The molecule has 0 N–H and O–H groups in total. The van der Waals surface area contributed by atoms with E-state index in [0.717, 1.165) is 35.6 Å². The van der Waals surface area contributed by atoms with Crippen molar-refractivity contribution in [1.29, 1.82) is 0 Å². The first-order chi connectivity index (χ1) is 11.8. The smallest absolute Gasteiger partial charge is 0.269 e. The van der Waals surface area contributed by atoms with Gasteiger partial charge in [-0.1, -0.05) is 61.9 Å². The lowest BCUT2D eigenvalue weighted by molar-refractivity contribution is 0.0990. The highest BCUT2D eigenvalue weighted by Gasteiger charge is 2.20. The molecule has 0 aliphatic heterocycles. The fourth-order valence-electron chi connectivity index (χ4n) is 2.49. The monoisotopic (exact) mass is 336 g/mol. The molecule has 0 unspecified atom stereocenters. The number of unbranched alkanes of at least 4 members (excludes halogenated alkanes) is 1. The number of anilines is 1. The van der Waals surface area contributed by atoms with E-state index >= 15 is 0 Å². The first-order valence-electron chi connectivity index (χ1n) is 8.17. The predicted octanol–water partition coefficient (Wildman–Crippen LogP) is 5.26. The zero-order valence-electron chi connectivity index (χ0n) is 13.7. The van der Waals surface area contributed by atoms with Crippen LogP contribution in [0.4, 0.5) is 5.69 Å². The van der Waals surface area contributed by atoms with Gasteiger partial charge in [-0.25, -0.2) is 4.98 Å². The van der Waals surface area contributed by atoms with E-state index in [4.69, 9.17) is 0 Å². The Morgan fingerprint density at radius 2 is 1.71 bits per heavy atom. The van der Waals surface area contributed by atoms with Crippen molar-refractivity contribution in [1.82, 2.24) is 4.98 Å². The van der Waals surface area contributed by atoms with Gasteiger partial charge in [0.1, 0.15) is 9.88 Å². The number of para-hydroxylation sites is 1. The molecule has 0 atom stereocenters. The number of benzene rings is 2. The van der Waals surface area contributed by atoms with Crippen LogP contribution in [0.15, 0.2) is 66.9 Å². The zero-order chi connectivity index (χ0) is 16.8. The van der Waals surface area contributed by atoms with E-state index in [9.17, 15) is 4.79 Å². The zero-order valence-corrected chi connectivity index (χ0v) is 14.5. The van der Waals surface area contributed by atoms with E-state index in [0.29, 0.717) is 4.88 Å². The summed E-state index contributed by atoms with van der Waals surface area (Å²) in [5.41, 5.74) is 1.98. The van der Waals surface area contributed by atoms with Crippen molar-refractivity contribution in [2.24, 2.45) is 0 Å². The molecule has 122 valence electrons. The highest BCUT2D eigenvalue weighted by atomic mass is 32.1. The third kappa shape index (κ3) is 3.71. The molecule has 0 saturated carbocycles. The average molecular weight is 336 g/mol. The molecule has 1 aromatic heterocycles. The van der Waals surface area contributed by atoms with E-state index in [1.807, 2.05) is 65.6 Å². The molecule has 0 spiro atoms. The SMILES string of the molecule is CCCCN(C(=O)c1cnc(-c2ccccc2)s1)c1ccccc1. The number of hydrogen-bond acceptors (Lipinski definition) is 3. The van der Waals surface area contributed by atoms with Crippen LogP contribution in [-0.4, -0.2) is 17.4 Å². The molecule has 4 heteroatoms. The molecular formula is C20H20N2OS. The third-order valence-corrected chi connectivity index (χ3v) is 4.82. The number of carbonyl (C=O) groups excluding carboxylic acids is 1. The molecule has 3 aromatic rings. The summed E-state index contributed by atoms with van der Waals surface area (Å²) in [5, 5.41) is 0.877. The maximum atomic E-state index is 13.0. The van der Waals surface area contributed by atoms with Gasteiger partial charge in [-0.05, 0) is 18.6 Å². The number of hydrogen-bond donors (Lipinski definition) is 0. The summed E-state index contributed by atoms with van der Waals surface area (Å²) < 4.78 is 0. The Morgan fingerprint density at radius 1 is 1.04 bits per heavy atom. The summed E-state index contributed by atoms with van der Waals surface area (Å²) >= 11 is 1.45. The lowest BCUT2D eigenvalue weighted by Crippen LogP contribution is -2.31. The van der Waals surface area contributed by atoms with Crippen molar-refractivity contribution < 1.29 is 4.79 Å². The lowest BCUT2D eigenvalue weighted by Gasteiger charge is -2.21. The Kier molecular flexibility index (Phi) is 5.39. The maximum absolute atomic E-state index is 13.0. The van der Waals surface area contributed by atoms with E-state index in [1.54, 1.807) is 6.20 Å². The van der Waals surface area contributed by atoms with Crippen LogP contribution in [0.5, 0.6) is 0 Å². The van der Waals surface area contributed by atoms with Crippen molar-refractivity contribution in [3.05, 3.63) is 71.7 Å². The van der Waals surface area contributed by atoms with Gasteiger partial charge < -0.3 is 4.90 Å². The molecule has 0 bridgehead atoms. The van der Waals surface area contributed by atoms with Crippen LogP contribution in [0.1, 0.15) is 29.4 Å². The van der Waals surface area contributed by atoms with Crippen LogP contribution in [0.25, 0.3) is 10.6 Å². The topological polar surface area (TPSA) is 33.2 Å². The van der Waals surface area contributed by atoms with Crippen LogP contribution < -0.4 is 4.90 Å². The first-order valence-corrected chi connectivity index (χ1v) is 8.99. The number of amides is 1. The molecule has 0 saturated heterocycles. The summed E-state index contributed by atoms with van der Waals surface area (Å²) in [6, 6.07) is 19.8. The summed E-state index contributed by atoms with van der Waals surface area (Å²) in [6.45, 7) is 2.85. The van der Waals surface area contributed by atoms with E-state index < -0.39 is 0 Å². The molecule has 3 rings (SSSR count). The van der Waals surface area contributed by atoms with E-state index in [-0.39, 0.29) is 5.91 Å². The molecule has 0 aliphatic rings. The second-order valence-corrected chi connectivity index (χ2v) is 6.57. The number of thiazole rings is 1. The van der Waals surface area contributed by atoms with Gasteiger partial charge in [0.25, 0.3) is 5.91 Å². The summed E-state index contributed by atoms with van der Waals surface area (Å²) in [6.07, 6.45) is 3.72. The average Bonchev–Trinajstić information content (AvgIpc) is 3.14. The number of nitrogens with zero attached hydrogens (tertiary/aromatic N) is 2. The fourth-order valence-corrected chi connectivity index (χ4v) is 3.36. The first kappa shape index (κ1) is 16.4. The van der Waals surface area contributed by atoms with E-state index in [1.165, 1.54) is 11.3 Å². The van der Waals surface area contributed by atoms with Crippen LogP contribution >= 0.6 is 11.3 Å². The molecule has 1 amide bonds.